The molecule has 1 aliphatic heterocycles. The van der Waals surface area contributed by atoms with Gasteiger partial charge in [-0.2, -0.15) is 4.31 Å². The monoisotopic (exact) mass is 270 g/mol. The first-order valence-corrected chi connectivity index (χ1v) is 7.66. The fourth-order valence-electron chi connectivity index (χ4n) is 2.33. The fourth-order valence-corrected chi connectivity index (χ4v) is 4.07. The van der Waals surface area contributed by atoms with Crippen molar-refractivity contribution in [3.8, 4) is 0 Å². The highest BCUT2D eigenvalue weighted by atomic mass is 32.2. The van der Waals surface area contributed by atoms with Crippen molar-refractivity contribution in [2.45, 2.75) is 43.5 Å². The molecular formula is C12H18N2O3S. The summed E-state index contributed by atoms with van der Waals surface area (Å²) in [7, 11) is -3.68. The molecule has 1 fully saturated rings. The highest BCUT2D eigenvalue weighted by Gasteiger charge is 2.31. The maximum absolute atomic E-state index is 12.5. The third-order valence-corrected chi connectivity index (χ3v) is 5.40. The Balaban J connectivity index is 2.42. The van der Waals surface area contributed by atoms with Crippen molar-refractivity contribution in [2.24, 2.45) is 0 Å². The van der Waals surface area contributed by atoms with Gasteiger partial charge in [0, 0.05) is 31.0 Å². The highest BCUT2D eigenvalue weighted by Crippen LogP contribution is 2.22. The Hall–Kier alpha value is -1.14. The lowest BCUT2D eigenvalue weighted by Gasteiger charge is -2.25. The summed E-state index contributed by atoms with van der Waals surface area (Å²) >= 11 is 0. The van der Waals surface area contributed by atoms with Crippen molar-refractivity contribution >= 4 is 10.0 Å². The Morgan fingerprint density at radius 1 is 1.33 bits per heavy atom. The van der Waals surface area contributed by atoms with E-state index >= 15 is 0 Å². The molecule has 0 bridgehead atoms. The van der Waals surface area contributed by atoms with Crippen molar-refractivity contribution in [3.63, 3.8) is 0 Å². The second-order valence-corrected chi connectivity index (χ2v) is 6.55. The van der Waals surface area contributed by atoms with E-state index in [1.165, 1.54) is 22.8 Å². The number of aromatic amines is 1. The van der Waals surface area contributed by atoms with Crippen molar-refractivity contribution in [1.29, 1.82) is 0 Å². The average molecular weight is 270 g/mol. The van der Waals surface area contributed by atoms with E-state index in [2.05, 4.69) is 4.98 Å². The molecule has 1 N–H and O–H groups in total. The Morgan fingerprint density at radius 3 is 2.83 bits per heavy atom. The molecule has 1 aliphatic rings. The molecule has 18 heavy (non-hydrogen) atoms. The minimum Gasteiger partial charge on any atom is -0.366 e. The Kier molecular flexibility index (Phi) is 3.87. The molecule has 5 nitrogen and oxygen atoms in total. The number of H-pyrrole nitrogens is 1. The molecule has 100 valence electrons. The molecule has 0 spiro atoms. The number of pyridine rings is 1. The second-order valence-electron chi connectivity index (χ2n) is 4.69. The summed E-state index contributed by atoms with van der Waals surface area (Å²) in [6, 6.07) is 1.20. The average Bonchev–Trinajstić information content (AvgIpc) is 2.54. The van der Waals surface area contributed by atoms with Gasteiger partial charge in [0.1, 0.15) is 4.90 Å². The molecular weight excluding hydrogens is 252 g/mol. The summed E-state index contributed by atoms with van der Waals surface area (Å²) in [5.74, 6) is 0. The molecule has 1 saturated heterocycles. The predicted molar refractivity (Wildman–Crippen MR) is 68.9 cm³/mol. The van der Waals surface area contributed by atoms with Crippen LogP contribution in [-0.4, -0.2) is 30.3 Å². The van der Waals surface area contributed by atoms with E-state index in [0.717, 1.165) is 25.7 Å². The molecule has 1 atom stereocenters. The van der Waals surface area contributed by atoms with Crippen LogP contribution in [0.2, 0.25) is 0 Å². The first-order valence-electron chi connectivity index (χ1n) is 6.22. The van der Waals surface area contributed by atoms with Gasteiger partial charge < -0.3 is 4.98 Å². The number of nitrogens with one attached hydrogen (secondary N) is 1. The zero-order chi connectivity index (χ0) is 13.2. The van der Waals surface area contributed by atoms with Gasteiger partial charge >= 0.3 is 0 Å². The van der Waals surface area contributed by atoms with Gasteiger partial charge in [0.25, 0.3) is 0 Å². The van der Waals surface area contributed by atoms with E-state index in [1.807, 2.05) is 6.92 Å². The van der Waals surface area contributed by atoms with Gasteiger partial charge in [0.15, 0.2) is 0 Å². The summed E-state index contributed by atoms with van der Waals surface area (Å²) in [5.41, 5.74) is -0.454. The lowest BCUT2D eigenvalue weighted by Crippen LogP contribution is -2.40. The normalized spacial score (nSPS) is 22.6. The lowest BCUT2D eigenvalue weighted by molar-refractivity contribution is 0.341. The van der Waals surface area contributed by atoms with Gasteiger partial charge in [0.2, 0.25) is 15.5 Å². The maximum Gasteiger partial charge on any atom is 0.248 e. The largest absolute Gasteiger partial charge is 0.366 e. The third-order valence-electron chi connectivity index (χ3n) is 3.37. The molecule has 2 heterocycles. The van der Waals surface area contributed by atoms with E-state index in [0.29, 0.717) is 6.54 Å². The van der Waals surface area contributed by atoms with Crippen molar-refractivity contribution in [3.05, 3.63) is 28.7 Å². The summed E-state index contributed by atoms with van der Waals surface area (Å²) < 4.78 is 26.4. The topological polar surface area (TPSA) is 70.2 Å². The predicted octanol–water partition coefficient (Wildman–Crippen LogP) is 1.33. The van der Waals surface area contributed by atoms with Crippen LogP contribution < -0.4 is 5.43 Å². The number of hydrogen-bond donors (Lipinski definition) is 1. The Morgan fingerprint density at radius 2 is 2.11 bits per heavy atom. The third kappa shape index (κ3) is 2.49. The summed E-state index contributed by atoms with van der Waals surface area (Å²) in [6.07, 6.45) is 6.50. The molecule has 0 saturated carbocycles. The minimum atomic E-state index is -3.68. The van der Waals surface area contributed by atoms with Crippen LogP contribution in [-0.2, 0) is 10.0 Å². The quantitative estimate of drug-likeness (QED) is 0.881. The molecule has 0 aromatic carbocycles. The first kappa shape index (κ1) is 13.3. The zero-order valence-electron chi connectivity index (χ0n) is 10.4. The van der Waals surface area contributed by atoms with Gasteiger partial charge in [-0.05, 0) is 19.8 Å². The van der Waals surface area contributed by atoms with Gasteiger partial charge in [-0.15, -0.1) is 0 Å². The Labute approximate surface area is 107 Å². The van der Waals surface area contributed by atoms with Gasteiger partial charge in [-0.25, -0.2) is 8.42 Å². The number of nitrogens with zero attached hydrogens (tertiary/aromatic N) is 1. The van der Waals surface area contributed by atoms with Crippen molar-refractivity contribution in [2.75, 3.05) is 6.54 Å². The van der Waals surface area contributed by atoms with Gasteiger partial charge in [-0.1, -0.05) is 12.8 Å². The standard InChI is InChI=1S/C12H18N2O3S/c1-10-5-3-2-4-8-14(10)18(16,17)12-9-13-7-6-11(12)15/h6-7,9-10H,2-5,8H2,1H3,(H,13,15). The van der Waals surface area contributed by atoms with Crippen LogP contribution in [0.4, 0.5) is 0 Å². The van der Waals surface area contributed by atoms with Crippen molar-refractivity contribution in [1.82, 2.24) is 9.29 Å². The van der Waals surface area contributed by atoms with E-state index in [1.54, 1.807) is 0 Å². The maximum atomic E-state index is 12.5. The molecule has 0 aliphatic carbocycles. The van der Waals surface area contributed by atoms with Crippen LogP contribution in [0.5, 0.6) is 0 Å². The molecule has 2 rings (SSSR count). The smallest absolute Gasteiger partial charge is 0.248 e. The summed E-state index contributed by atoms with van der Waals surface area (Å²) in [5, 5.41) is 0. The van der Waals surface area contributed by atoms with Crippen LogP contribution in [0.15, 0.2) is 28.2 Å². The summed E-state index contributed by atoms with van der Waals surface area (Å²) in [6.45, 7) is 2.40. The van der Waals surface area contributed by atoms with Gasteiger partial charge in [-0.3, -0.25) is 4.79 Å². The molecule has 6 heteroatoms. The van der Waals surface area contributed by atoms with Gasteiger partial charge in [0.05, 0.1) is 0 Å². The zero-order valence-corrected chi connectivity index (χ0v) is 11.2. The lowest BCUT2D eigenvalue weighted by atomic mass is 10.1. The highest BCUT2D eigenvalue weighted by molar-refractivity contribution is 7.89. The molecule has 0 amide bonds. The molecule has 1 unspecified atom stereocenters. The van der Waals surface area contributed by atoms with Crippen LogP contribution in [0, 0.1) is 0 Å². The molecule has 1 aromatic heterocycles. The number of hydrogen-bond acceptors (Lipinski definition) is 3. The van der Waals surface area contributed by atoms with E-state index in [-0.39, 0.29) is 10.9 Å². The fraction of sp³-hybridized carbons (Fsp3) is 0.583. The summed E-state index contributed by atoms with van der Waals surface area (Å²) in [4.78, 5) is 14.2. The molecule has 0 radical (unpaired) electrons. The van der Waals surface area contributed by atoms with Crippen LogP contribution in [0.25, 0.3) is 0 Å². The van der Waals surface area contributed by atoms with Crippen molar-refractivity contribution < 1.29 is 8.42 Å². The SMILES string of the molecule is CC1CCCCCN1S(=O)(=O)c1c[nH]ccc1=O. The number of rotatable bonds is 2. The first-order chi connectivity index (χ1) is 8.53. The van der Waals surface area contributed by atoms with E-state index in [9.17, 15) is 13.2 Å². The van der Waals surface area contributed by atoms with Crippen LogP contribution in [0.1, 0.15) is 32.6 Å². The van der Waals surface area contributed by atoms with Crippen LogP contribution >= 0.6 is 0 Å². The molecule has 1 aromatic rings. The second kappa shape index (κ2) is 5.24. The van der Waals surface area contributed by atoms with E-state index in [4.69, 9.17) is 0 Å². The van der Waals surface area contributed by atoms with Crippen LogP contribution in [0.3, 0.4) is 0 Å². The minimum absolute atomic E-state index is 0.0443. The number of aromatic nitrogens is 1. The van der Waals surface area contributed by atoms with E-state index < -0.39 is 15.5 Å². The Bertz CT molecular complexity index is 565. The number of sulfonamides is 1.